The quantitative estimate of drug-likeness (QED) is 0.860. The van der Waals surface area contributed by atoms with Gasteiger partial charge in [-0.15, -0.1) is 0 Å². The van der Waals surface area contributed by atoms with E-state index in [9.17, 15) is 10.4 Å². The van der Waals surface area contributed by atoms with Gasteiger partial charge in [-0.25, -0.2) is 0 Å². The molecule has 2 rings (SSSR count). The number of nitrogens with one attached hydrogen (secondary N) is 1. The fraction of sp³-hybridized carbons (Fsp3) is 0.188. The molecule has 0 heterocycles. The van der Waals surface area contributed by atoms with Crippen molar-refractivity contribution in [3.8, 4) is 6.07 Å². The number of nitriles is 1. The second kappa shape index (κ2) is 6.69. The van der Waals surface area contributed by atoms with Gasteiger partial charge in [0.2, 0.25) is 0 Å². The Morgan fingerprint density at radius 1 is 0.947 bits per heavy atom. The number of benzene rings is 2. The smallest absolute Gasteiger partial charge is 0.121 e. The highest BCUT2D eigenvalue weighted by Gasteiger charge is 2.17. The van der Waals surface area contributed by atoms with Crippen molar-refractivity contribution < 1.29 is 5.11 Å². The number of aliphatic hydroxyl groups is 1. The molecule has 3 nitrogen and oxygen atoms in total. The van der Waals surface area contributed by atoms with Gasteiger partial charge in [0, 0.05) is 0 Å². The van der Waals surface area contributed by atoms with E-state index in [4.69, 9.17) is 0 Å². The van der Waals surface area contributed by atoms with Gasteiger partial charge < -0.3 is 5.11 Å². The molecular formula is C16H16N2O. The van der Waals surface area contributed by atoms with E-state index in [1.807, 2.05) is 60.7 Å². The zero-order valence-corrected chi connectivity index (χ0v) is 10.5. The highest BCUT2D eigenvalue weighted by molar-refractivity contribution is 5.26. The van der Waals surface area contributed by atoms with Gasteiger partial charge in [0.05, 0.1) is 18.7 Å². The molecule has 0 unspecified atom stereocenters. The third kappa shape index (κ3) is 3.41. The van der Waals surface area contributed by atoms with Gasteiger partial charge in [-0.05, 0) is 11.1 Å². The van der Waals surface area contributed by atoms with E-state index >= 15 is 0 Å². The van der Waals surface area contributed by atoms with Gasteiger partial charge in [-0.1, -0.05) is 60.7 Å². The van der Waals surface area contributed by atoms with Crippen LogP contribution in [0.25, 0.3) is 0 Å². The van der Waals surface area contributed by atoms with E-state index in [0.717, 1.165) is 11.1 Å². The first kappa shape index (κ1) is 13.3. The summed E-state index contributed by atoms with van der Waals surface area (Å²) in [7, 11) is 0. The Morgan fingerprint density at radius 2 is 1.47 bits per heavy atom. The topological polar surface area (TPSA) is 56.0 Å². The van der Waals surface area contributed by atoms with E-state index in [0.29, 0.717) is 0 Å². The molecule has 0 fully saturated rings. The molecule has 19 heavy (non-hydrogen) atoms. The lowest BCUT2D eigenvalue weighted by molar-refractivity contribution is 0.239. The molecule has 0 bridgehead atoms. The van der Waals surface area contributed by atoms with Crippen LogP contribution in [0.5, 0.6) is 0 Å². The van der Waals surface area contributed by atoms with Crippen LogP contribution in [0.1, 0.15) is 23.2 Å². The zero-order chi connectivity index (χ0) is 13.5. The number of hydrogen-bond donors (Lipinski definition) is 2. The molecule has 2 aromatic rings. The Hall–Kier alpha value is -2.15. The van der Waals surface area contributed by atoms with E-state index in [-0.39, 0.29) is 12.6 Å². The third-order valence-electron chi connectivity index (χ3n) is 3.01. The molecule has 3 heteroatoms. The van der Waals surface area contributed by atoms with Gasteiger partial charge in [0.25, 0.3) is 0 Å². The summed E-state index contributed by atoms with van der Waals surface area (Å²) in [4.78, 5) is 0. The first-order valence-electron chi connectivity index (χ1n) is 6.21. The van der Waals surface area contributed by atoms with Gasteiger partial charge in [0.15, 0.2) is 0 Å². The van der Waals surface area contributed by atoms with Crippen LogP contribution in [-0.4, -0.2) is 11.7 Å². The maximum absolute atomic E-state index is 9.50. The minimum atomic E-state index is -0.432. The average molecular weight is 252 g/mol. The molecule has 2 N–H and O–H groups in total. The highest BCUT2D eigenvalue weighted by atomic mass is 16.3. The van der Waals surface area contributed by atoms with Crippen LogP contribution in [0, 0.1) is 11.3 Å². The Bertz CT molecular complexity index is 534. The highest BCUT2D eigenvalue weighted by Crippen LogP contribution is 2.19. The van der Waals surface area contributed by atoms with E-state index in [2.05, 4.69) is 11.4 Å². The second-order valence-electron chi connectivity index (χ2n) is 4.29. The summed E-state index contributed by atoms with van der Waals surface area (Å²) < 4.78 is 0. The molecule has 2 aromatic carbocycles. The van der Waals surface area contributed by atoms with Crippen molar-refractivity contribution in [1.82, 2.24) is 5.32 Å². The summed E-state index contributed by atoms with van der Waals surface area (Å²) in [5.74, 6) is 0. The third-order valence-corrected chi connectivity index (χ3v) is 3.01. The number of nitrogens with zero attached hydrogens (tertiary/aromatic N) is 1. The second-order valence-corrected chi connectivity index (χ2v) is 4.29. The Balaban J connectivity index is 2.16. The van der Waals surface area contributed by atoms with Crippen LogP contribution in [0.15, 0.2) is 60.7 Å². The molecule has 0 aliphatic heterocycles. The van der Waals surface area contributed by atoms with Crippen molar-refractivity contribution in [1.29, 1.82) is 5.26 Å². The van der Waals surface area contributed by atoms with E-state index < -0.39 is 6.04 Å². The van der Waals surface area contributed by atoms with E-state index in [1.165, 1.54) is 0 Å². The Labute approximate surface area is 113 Å². The lowest BCUT2D eigenvalue weighted by atomic mass is 10.0. The molecule has 2 atom stereocenters. The molecule has 96 valence electrons. The predicted octanol–water partition coefficient (Wildman–Crippen LogP) is 2.57. The van der Waals surface area contributed by atoms with Crippen molar-refractivity contribution >= 4 is 0 Å². The minimum Gasteiger partial charge on any atom is -0.394 e. The molecule has 0 spiro atoms. The lowest BCUT2D eigenvalue weighted by Gasteiger charge is -2.20. The average Bonchev–Trinajstić information content (AvgIpc) is 2.50. The first-order chi connectivity index (χ1) is 9.35. The standard InChI is InChI=1S/C16H16N2O/c17-11-15(13-7-3-1-4-8-13)18-16(12-19)14-9-5-2-6-10-14/h1-10,15-16,18-19H,12H2/t15-,16+/m0/s1. The maximum Gasteiger partial charge on any atom is 0.121 e. The normalized spacial score (nSPS) is 13.5. The molecule has 0 saturated carbocycles. The van der Waals surface area contributed by atoms with Crippen LogP contribution < -0.4 is 5.32 Å². The monoisotopic (exact) mass is 252 g/mol. The van der Waals surface area contributed by atoms with Crippen LogP contribution in [0.2, 0.25) is 0 Å². The maximum atomic E-state index is 9.50. The van der Waals surface area contributed by atoms with Crippen molar-refractivity contribution in [3.63, 3.8) is 0 Å². The van der Waals surface area contributed by atoms with Crippen LogP contribution in [0.4, 0.5) is 0 Å². The molecule has 0 aliphatic rings. The largest absolute Gasteiger partial charge is 0.394 e. The predicted molar refractivity (Wildman–Crippen MR) is 74.2 cm³/mol. The SMILES string of the molecule is N#C[C@H](N[C@H](CO)c1ccccc1)c1ccccc1. The summed E-state index contributed by atoms with van der Waals surface area (Å²) in [5.41, 5.74) is 1.88. The van der Waals surface area contributed by atoms with Crippen molar-refractivity contribution in [2.75, 3.05) is 6.61 Å². The van der Waals surface area contributed by atoms with Crippen molar-refractivity contribution in [2.24, 2.45) is 0 Å². The fourth-order valence-electron chi connectivity index (χ4n) is 1.99. The number of rotatable bonds is 5. The zero-order valence-electron chi connectivity index (χ0n) is 10.5. The van der Waals surface area contributed by atoms with Gasteiger partial charge in [-0.2, -0.15) is 5.26 Å². The van der Waals surface area contributed by atoms with Crippen LogP contribution in [0.3, 0.4) is 0 Å². The summed E-state index contributed by atoms with van der Waals surface area (Å²) in [6, 6.07) is 20.7. The molecular weight excluding hydrogens is 236 g/mol. The van der Waals surface area contributed by atoms with Gasteiger partial charge in [-0.3, -0.25) is 5.32 Å². The van der Waals surface area contributed by atoms with Crippen LogP contribution >= 0.6 is 0 Å². The van der Waals surface area contributed by atoms with Crippen LogP contribution in [-0.2, 0) is 0 Å². The fourth-order valence-corrected chi connectivity index (χ4v) is 1.99. The Morgan fingerprint density at radius 3 is 1.95 bits per heavy atom. The molecule has 0 radical (unpaired) electrons. The molecule has 0 aromatic heterocycles. The number of hydrogen-bond acceptors (Lipinski definition) is 3. The minimum absolute atomic E-state index is 0.0466. The summed E-state index contributed by atoms with van der Waals surface area (Å²) in [6.45, 7) is -0.0466. The van der Waals surface area contributed by atoms with E-state index in [1.54, 1.807) is 0 Å². The van der Waals surface area contributed by atoms with Gasteiger partial charge in [0.1, 0.15) is 6.04 Å². The summed E-state index contributed by atoms with van der Waals surface area (Å²) in [5, 5.41) is 22.0. The van der Waals surface area contributed by atoms with Crippen molar-refractivity contribution in [2.45, 2.75) is 12.1 Å². The number of aliphatic hydroxyl groups excluding tert-OH is 1. The van der Waals surface area contributed by atoms with Crippen molar-refractivity contribution in [3.05, 3.63) is 71.8 Å². The molecule has 0 amide bonds. The molecule has 0 saturated heterocycles. The molecule has 0 aliphatic carbocycles. The van der Waals surface area contributed by atoms with Gasteiger partial charge >= 0.3 is 0 Å². The summed E-state index contributed by atoms with van der Waals surface area (Å²) >= 11 is 0. The first-order valence-corrected chi connectivity index (χ1v) is 6.21. The summed E-state index contributed by atoms with van der Waals surface area (Å²) in [6.07, 6.45) is 0. The Kier molecular flexibility index (Phi) is 4.68. The lowest BCUT2D eigenvalue weighted by Crippen LogP contribution is -2.28.